The van der Waals surface area contributed by atoms with Crippen molar-refractivity contribution >= 4 is 18.5 Å². The molecule has 0 unspecified atom stereocenters. The lowest BCUT2D eigenvalue weighted by Gasteiger charge is -2.06. The fourth-order valence-corrected chi connectivity index (χ4v) is 1.23. The molecule has 0 radical (unpaired) electrons. The molecule has 0 aliphatic carbocycles. The number of ether oxygens (including phenoxy) is 1. The van der Waals surface area contributed by atoms with Gasteiger partial charge < -0.3 is 28.1 Å². The summed E-state index contributed by atoms with van der Waals surface area (Å²) >= 11 is 0. The standard InChI is InChI=1S/C12H18N2O2.ClH.2H3N/c13-8-4-5-9-14-12(15)16-10-11-6-2-1-3-7-11;;;/h1-3,6-7H,4-5,8-10,13H2,(H,14,15);1H;2*1H3. The maximum atomic E-state index is 11.2. The molecule has 0 saturated heterocycles. The molecule has 7 heteroatoms. The van der Waals surface area contributed by atoms with Gasteiger partial charge in [-0.3, -0.25) is 0 Å². The summed E-state index contributed by atoms with van der Waals surface area (Å²) < 4.78 is 5.03. The zero-order valence-corrected chi connectivity index (χ0v) is 12.0. The van der Waals surface area contributed by atoms with Crippen molar-refractivity contribution in [3.63, 3.8) is 0 Å². The van der Waals surface area contributed by atoms with E-state index in [0.717, 1.165) is 18.4 Å². The van der Waals surface area contributed by atoms with Gasteiger partial charge in [0.2, 0.25) is 0 Å². The lowest BCUT2D eigenvalue weighted by molar-refractivity contribution is 0.139. The fraction of sp³-hybridized carbons (Fsp3) is 0.417. The van der Waals surface area contributed by atoms with Gasteiger partial charge in [-0.15, -0.1) is 12.4 Å². The molecule has 19 heavy (non-hydrogen) atoms. The number of carbonyl (C=O) groups excluding carboxylic acids is 1. The van der Waals surface area contributed by atoms with E-state index in [2.05, 4.69) is 5.32 Å². The largest absolute Gasteiger partial charge is 0.445 e. The number of hydrogen-bond donors (Lipinski definition) is 4. The number of hydrogen-bond acceptors (Lipinski definition) is 5. The van der Waals surface area contributed by atoms with E-state index in [1.807, 2.05) is 30.3 Å². The Hall–Kier alpha value is -1.34. The van der Waals surface area contributed by atoms with E-state index in [4.69, 9.17) is 10.5 Å². The molecule has 0 spiro atoms. The Morgan fingerprint density at radius 2 is 1.79 bits per heavy atom. The van der Waals surface area contributed by atoms with Crippen LogP contribution in [0, 0.1) is 0 Å². The zero-order valence-electron chi connectivity index (χ0n) is 11.1. The minimum atomic E-state index is -0.374. The van der Waals surface area contributed by atoms with Crippen LogP contribution < -0.4 is 23.4 Å². The molecule has 9 N–H and O–H groups in total. The molecule has 0 bridgehead atoms. The van der Waals surface area contributed by atoms with E-state index in [0.29, 0.717) is 19.7 Å². The normalized spacial score (nSPS) is 8.26. The molecule has 0 saturated carbocycles. The van der Waals surface area contributed by atoms with E-state index in [1.165, 1.54) is 0 Å². The molecular formula is C12H25ClN4O2. The highest BCUT2D eigenvalue weighted by Gasteiger charge is 2.00. The second-order valence-corrected chi connectivity index (χ2v) is 3.48. The summed E-state index contributed by atoms with van der Waals surface area (Å²) in [4.78, 5) is 11.2. The van der Waals surface area contributed by atoms with E-state index in [9.17, 15) is 4.79 Å². The van der Waals surface area contributed by atoms with Crippen molar-refractivity contribution < 1.29 is 9.53 Å². The SMILES string of the molecule is Cl.N.N.NCCCCNC(=O)OCc1ccccc1. The first-order valence-electron chi connectivity index (χ1n) is 5.47. The third kappa shape index (κ3) is 11.5. The first-order chi connectivity index (χ1) is 7.83. The monoisotopic (exact) mass is 292 g/mol. The molecule has 1 rings (SSSR count). The van der Waals surface area contributed by atoms with Gasteiger partial charge in [-0.05, 0) is 24.9 Å². The highest BCUT2D eigenvalue weighted by atomic mass is 35.5. The average molecular weight is 293 g/mol. The zero-order chi connectivity index (χ0) is 11.6. The number of carbonyl (C=O) groups is 1. The maximum Gasteiger partial charge on any atom is 0.407 e. The third-order valence-electron chi connectivity index (χ3n) is 2.11. The molecule has 1 amide bonds. The van der Waals surface area contributed by atoms with E-state index in [1.54, 1.807) is 0 Å². The molecule has 1 aromatic carbocycles. The Morgan fingerprint density at radius 1 is 1.16 bits per heavy atom. The second-order valence-electron chi connectivity index (χ2n) is 3.48. The van der Waals surface area contributed by atoms with Crippen LogP contribution in [0.25, 0.3) is 0 Å². The number of halogens is 1. The number of unbranched alkanes of at least 4 members (excludes halogenated alkanes) is 1. The van der Waals surface area contributed by atoms with E-state index in [-0.39, 0.29) is 30.8 Å². The molecule has 0 aromatic heterocycles. The number of amides is 1. The Balaban J connectivity index is -0.000000853. The molecule has 0 aliphatic heterocycles. The molecular weight excluding hydrogens is 268 g/mol. The first-order valence-corrected chi connectivity index (χ1v) is 5.47. The maximum absolute atomic E-state index is 11.2. The van der Waals surface area contributed by atoms with Crippen molar-refractivity contribution in [2.45, 2.75) is 19.4 Å². The summed E-state index contributed by atoms with van der Waals surface area (Å²) in [7, 11) is 0. The smallest absolute Gasteiger partial charge is 0.407 e. The summed E-state index contributed by atoms with van der Waals surface area (Å²) in [6.07, 6.45) is 1.43. The van der Waals surface area contributed by atoms with Gasteiger partial charge in [0.15, 0.2) is 0 Å². The highest BCUT2D eigenvalue weighted by molar-refractivity contribution is 5.85. The van der Waals surface area contributed by atoms with Crippen molar-refractivity contribution in [3.8, 4) is 0 Å². The number of benzene rings is 1. The van der Waals surface area contributed by atoms with Crippen molar-refractivity contribution in [2.75, 3.05) is 13.1 Å². The summed E-state index contributed by atoms with van der Waals surface area (Å²) in [6.45, 7) is 1.58. The summed E-state index contributed by atoms with van der Waals surface area (Å²) in [5.41, 5.74) is 6.32. The highest BCUT2D eigenvalue weighted by Crippen LogP contribution is 2.00. The minimum absolute atomic E-state index is 0. The Labute approximate surface area is 120 Å². The quantitative estimate of drug-likeness (QED) is 0.597. The Kier molecular flexibility index (Phi) is 17.7. The van der Waals surface area contributed by atoms with Crippen molar-refractivity contribution in [3.05, 3.63) is 35.9 Å². The van der Waals surface area contributed by atoms with Gasteiger partial charge in [-0.1, -0.05) is 30.3 Å². The molecule has 112 valence electrons. The van der Waals surface area contributed by atoms with Crippen molar-refractivity contribution in [2.24, 2.45) is 5.73 Å². The first kappa shape index (κ1) is 22.8. The van der Waals surface area contributed by atoms with Gasteiger partial charge in [0, 0.05) is 6.54 Å². The van der Waals surface area contributed by atoms with E-state index < -0.39 is 0 Å². The summed E-state index contributed by atoms with van der Waals surface area (Å²) in [5, 5.41) is 2.67. The number of nitrogens with two attached hydrogens (primary N) is 1. The lowest BCUT2D eigenvalue weighted by atomic mass is 10.2. The second kappa shape index (κ2) is 14.7. The van der Waals surface area contributed by atoms with Gasteiger partial charge in [0.05, 0.1) is 0 Å². The Morgan fingerprint density at radius 3 is 2.37 bits per heavy atom. The van der Waals surface area contributed by atoms with Gasteiger partial charge in [-0.2, -0.15) is 0 Å². The minimum Gasteiger partial charge on any atom is -0.445 e. The Bertz CT molecular complexity index is 312. The van der Waals surface area contributed by atoms with Crippen LogP contribution in [0.15, 0.2) is 30.3 Å². The van der Waals surface area contributed by atoms with Crippen molar-refractivity contribution in [1.82, 2.24) is 17.6 Å². The van der Waals surface area contributed by atoms with Gasteiger partial charge in [-0.25, -0.2) is 4.79 Å². The molecule has 6 nitrogen and oxygen atoms in total. The van der Waals surface area contributed by atoms with Crippen LogP contribution in [-0.4, -0.2) is 19.2 Å². The molecule has 0 aliphatic rings. The molecule has 0 fully saturated rings. The van der Waals surface area contributed by atoms with Crippen molar-refractivity contribution in [1.29, 1.82) is 0 Å². The average Bonchev–Trinajstić information content (AvgIpc) is 2.33. The summed E-state index contributed by atoms with van der Waals surface area (Å²) in [5.74, 6) is 0. The van der Waals surface area contributed by atoms with Crippen LogP contribution in [0.5, 0.6) is 0 Å². The van der Waals surface area contributed by atoms with Crippen LogP contribution in [0.1, 0.15) is 18.4 Å². The van der Waals surface area contributed by atoms with Gasteiger partial charge >= 0.3 is 6.09 Å². The van der Waals surface area contributed by atoms with Gasteiger partial charge in [0.1, 0.15) is 6.61 Å². The van der Waals surface area contributed by atoms with Crippen LogP contribution in [0.2, 0.25) is 0 Å². The predicted molar refractivity (Wildman–Crippen MR) is 80.2 cm³/mol. The number of alkyl carbamates (subject to hydrolysis) is 1. The van der Waals surface area contributed by atoms with Crippen LogP contribution >= 0.6 is 12.4 Å². The fourth-order valence-electron chi connectivity index (χ4n) is 1.23. The number of rotatable bonds is 6. The summed E-state index contributed by atoms with van der Waals surface area (Å²) in [6, 6.07) is 9.59. The predicted octanol–water partition coefficient (Wildman–Crippen LogP) is 2.40. The van der Waals surface area contributed by atoms with Crippen LogP contribution in [0.4, 0.5) is 4.79 Å². The van der Waals surface area contributed by atoms with Gasteiger partial charge in [0.25, 0.3) is 0 Å². The lowest BCUT2D eigenvalue weighted by Crippen LogP contribution is -2.25. The molecule has 0 heterocycles. The molecule has 0 atom stereocenters. The van der Waals surface area contributed by atoms with Crippen LogP contribution in [-0.2, 0) is 11.3 Å². The van der Waals surface area contributed by atoms with Crippen LogP contribution in [0.3, 0.4) is 0 Å². The molecule has 1 aromatic rings. The topological polar surface area (TPSA) is 134 Å². The number of nitrogens with one attached hydrogen (secondary N) is 1. The van der Waals surface area contributed by atoms with E-state index >= 15 is 0 Å². The third-order valence-corrected chi connectivity index (χ3v) is 2.11.